The molecular formula is C15H21N5O. The summed E-state index contributed by atoms with van der Waals surface area (Å²) in [6.07, 6.45) is 1.65. The van der Waals surface area contributed by atoms with Crippen LogP contribution in [0.3, 0.4) is 0 Å². The topological polar surface area (TPSA) is 85.1 Å². The standard InChI is InChI=1S/C15H21N5O/c1-3-13-18-14(10-15(19-13)20-16)17-8-7-11-5-4-6-12(9-11)21-2/h4-6,9-10H,3,7-8,16H2,1-2H3,(H2,17,18,19,20). The van der Waals surface area contributed by atoms with Gasteiger partial charge in [-0.15, -0.1) is 0 Å². The molecule has 6 heteroatoms. The molecule has 0 aliphatic carbocycles. The fraction of sp³-hybridized carbons (Fsp3) is 0.333. The van der Waals surface area contributed by atoms with Crippen LogP contribution in [0.5, 0.6) is 5.75 Å². The number of aryl methyl sites for hydroxylation is 1. The lowest BCUT2D eigenvalue weighted by Gasteiger charge is -2.09. The van der Waals surface area contributed by atoms with Crippen molar-refractivity contribution in [1.82, 2.24) is 9.97 Å². The number of benzene rings is 1. The average molecular weight is 287 g/mol. The van der Waals surface area contributed by atoms with Crippen molar-refractivity contribution in [3.8, 4) is 5.75 Å². The molecule has 0 saturated heterocycles. The van der Waals surface area contributed by atoms with E-state index in [1.807, 2.05) is 25.1 Å². The van der Waals surface area contributed by atoms with Gasteiger partial charge in [-0.25, -0.2) is 15.8 Å². The highest BCUT2D eigenvalue weighted by atomic mass is 16.5. The molecule has 0 spiro atoms. The van der Waals surface area contributed by atoms with E-state index in [1.165, 1.54) is 5.56 Å². The third-order valence-electron chi connectivity index (χ3n) is 3.09. The van der Waals surface area contributed by atoms with Crippen LogP contribution in [0.2, 0.25) is 0 Å². The van der Waals surface area contributed by atoms with Gasteiger partial charge in [-0.05, 0) is 24.1 Å². The minimum absolute atomic E-state index is 0.616. The predicted molar refractivity (Wildman–Crippen MR) is 84.4 cm³/mol. The molecule has 0 aliphatic heterocycles. The highest BCUT2D eigenvalue weighted by molar-refractivity contribution is 5.47. The Labute approximate surface area is 124 Å². The van der Waals surface area contributed by atoms with Gasteiger partial charge in [-0.2, -0.15) is 0 Å². The highest BCUT2D eigenvalue weighted by Crippen LogP contribution is 2.14. The lowest BCUT2D eigenvalue weighted by Crippen LogP contribution is -2.13. The number of methoxy groups -OCH3 is 1. The molecule has 0 saturated carbocycles. The quantitative estimate of drug-likeness (QED) is 0.533. The Hall–Kier alpha value is -2.34. The van der Waals surface area contributed by atoms with Gasteiger partial charge in [0.1, 0.15) is 23.2 Å². The number of aromatic nitrogens is 2. The first-order chi connectivity index (χ1) is 10.2. The number of nitrogens with zero attached hydrogens (tertiary/aromatic N) is 2. The molecule has 0 aliphatic rings. The van der Waals surface area contributed by atoms with Crippen LogP contribution in [0.4, 0.5) is 11.6 Å². The van der Waals surface area contributed by atoms with Gasteiger partial charge in [0.25, 0.3) is 0 Å². The van der Waals surface area contributed by atoms with Gasteiger partial charge >= 0.3 is 0 Å². The normalized spacial score (nSPS) is 10.2. The van der Waals surface area contributed by atoms with Crippen LogP contribution in [-0.2, 0) is 12.8 Å². The Kier molecular flexibility index (Phi) is 5.34. The van der Waals surface area contributed by atoms with Crippen LogP contribution in [0.1, 0.15) is 18.3 Å². The maximum absolute atomic E-state index is 5.41. The molecular weight excluding hydrogens is 266 g/mol. The van der Waals surface area contributed by atoms with Gasteiger partial charge in [0.2, 0.25) is 0 Å². The molecule has 1 aromatic carbocycles. The summed E-state index contributed by atoms with van der Waals surface area (Å²) >= 11 is 0. The number of nitrogen functional groups attached to an aromatic ring is 1. The van der Waals surface area contributed by atoms with Crippen molar-refractivity contribution < 1.29 is 4.74 Å². The first kappa shape index (κ1) is 15.1. The molecule has 2 rings (SSSR count). The summed E-state index contributed by atoms with van der Waals surface area (Å²) in [7, 11) is 1.67. The molecule has 0 bridgehead atoms. The second-order valence-corrected chi connectivity index (χ2v) is 4.58. The lowest BCUT2D eigenvalue weighted by atomic mass is 10.1. The number of rotatable bonds is 7. The summed E-state index contributed by atoms with van der Waals surface area (Å²) in [6.45, 7) is 2.78. The maximum atomic E-state index is 5.41. The Bertz CT molecular complexity index is 566. The Morgan fingerprint density at radius 2 is 2.00 bits per heavy atom. The fourth-order valence-electron chi connectivity index (χ4n) is 1.98. The molecule has 1 aromatic heterocycles. The summed E-state index contributed by atoms with van der Waals surface area (Å²) < 4.78 is 5.22. The zero-order valence-corrected chi connectivity index (χ0v) is 12.4. The Balaban J connectivity index is 1.96. The average Bonchev–Trinajstić information content (AvgIpc) is 2.54. The van der Waals surface area contributed by atoms with Crippen LogP contribution in [0, 0.1) is 0 Å². The van der Waals surface area contributed by atoms with Crippen molar-refractivity contribution >= 4 is 11.6 Å². The number of anilines is 2. The molecule has 0 unspecified atom stereocenters. The number of nitrogens with one attached hydrogen (secondary N) is 2. The third kappa shape index (κ3) is 4.32. The molecule has 1 heterocycles. The van der Waals surface area contributed by atoms with E-state index in [0.717, 1.165) is 36.8 Å². The van der Waals surface area contributed by atoms with E-state index in [-0.39, 0.29) is 0 Å². The van der Waals surface area contributed by atoms with Crippen molar-refractivity contribution in [1.29, 1.82) is 0 Å². The summed E-state index contributed by atoms with van der Waals surface area (Å²) in [5.41, 5.74) is 3.77. The summed E-state index contributed by atoms with van der Waals surface area (Å²) in [4.78, 5) is 8.68. The molecule has 0 fully saturated rings. The number of ether oxygens (including phenoxy) is 1. The Morgan fingerprint density at radius 3 is 2.71 bits per heavy atom. The van der Waals surface area contributed by atoms with Crippen molar-refractivity contribution in [2.75, 3.05) is 24.4 Å². The molecule has 4 N–H and O–H groups in total. The highest BCUT2D eigenvalue weighted by Gasteiger charge is 2.02. The van der Waals surface area contributed by atoms with Gasteiger partial charge < -0.3 is 15.5 Å². The van der Waals surface area contributed by atoms with Crippen LogP contribution < -0.4 is 21.3 Å². The monoisotopic (exact) mass is 287 g/mol. The molecule has 0 radical (unpaired) electrons. The first-order valence-electron chi connectivity index (χ1n) is 6.96. The van der Waals surface area contributed by atoms with E-state index in [9.17, 15) is 0 Å². The van der Waals surface area contributed by atoms with E-state index in [1.54, 1.807) is 13.2 Å². The van der Waals surface area contributed by atoms with Crippen molar-refractivity contribution in [3.63, 3.8) is 0 Å². The second-order valence-electron chi connectivity index (χ2n) is 4.58. The SMILES string of the molecule is CCc1nc(NN)cc(NCCc2cccc(OC)c2)n1. The van der Waals surface area contributed by atoms with Gasteiger partial charge in [-0.3, -0.25) is 0 Å². The Morgan fingerprint density at radius 1 is 1.19 bits per heavy atom. The number of hydrazine groups is 1. The van der Waals surface area contributed by atoms with Gasteiger partial charge in [0, 0.05) is 19.0 Å². The van der Waals surface area contributed by atoms with E-state index >= 15 is 0 Å². The van der Waals surface area contributed by atoms with Crippen molar-refractivity contribution in [3.05, 3.63) is 41.7 Å². The maximum Gasteiger partial charge on any atom is 0.145 e. The minimum atomic E-state index is 0.616. The minimum Gasteiger partial charge on any atom is -0.497 e. The summed E-state index contributed by atoms with van der Waals surface area (Å²) in [6, 6.07) is 9.84. The van der Waals surface area contributed by atoms with Gasteiger partial charge in [0.15, 0.2) is 0 Å². The zero-order valence-electron chi connectivity index (χ0n) is 12.4. The van der Waals surface area contributed by atoms with Crippen LogP contribution in [-0.4, -0.2) is 23.6 Å². The lowest BCUT2D eigenvalue weighted by molar-refractivity contribution is 0.414. The molecule has 112 valence electrons. The molecule has 6 nitrogen and oxygen atoms in total. The van der Waals surface area contributed by atoms with Gasteiger partial charge in [0.05, 0.1) is 7.11 Å². The van der Waals surface area contributed by atoms with E-state index in [4.69, 9.17) is 10.6 Å². The van der Waals surface area contributed by atoms with Gasteiger partial charge in [-0.1, -0.05) is 19.1 Å². The number of hydrogen-bond donors (Lipinski definition) is 3. The second kappa shape index (κ2) is 7.44. The predicted octanol–water partition coefficient (Wildman–Crippen LogP) is 1.99. The van der Waals surface area contributed by atoms with Crippen molar-refractivity contribution in [2.24, 2.45) is 5.84 Å². The fourth-order valence-corrected chi connectivity index (χ4v) is 1.98. The van der Waals surface area contributed by atoms with Crippen LogP contribution in [0.15, 0.2) is 30.3 Å². The van der Waals surface area contributed by atoms with E-state index in [0.29, 0.717) is 5.82 Å². The van der Waals surface area contributed by atoms with E-state index in [2.05, 4.69) is 26.8 Å². The first-order valence-corrected chi connectivity index (χ1v) is 6.96. The van der Waals surface area contributed by atoms with Crippen LogP contribution >= 0.6 is 0 Å². The third-order valence-corrected chi connectivity index (χ3v) is 3.09. The molecule has 21 heavy (non-hydrogen) atoms. The smallest absolute Gasteiger partial charge is 0.145 e. The summed E-state index contributed by atoms with van der Waals surface area (Å²) in [5.74, 6) is 8.44. The van der Waals surface area contributed by atoms with Crippen molar-refractivity contribution in [2.45, 2.75) is 19.8 Å². The molecule has 0 atom stereocenters. The number of hydrogen-bond acceptors (Lipinski definition) is 6. The largest absolute Gasteiger partial charge is 0.497 e. The molecule has 2 aromatic rings. The van der Waals surface area contributed by atoms with Crippen LogP contribution in [0.25, 0.3) is 0 Å². The zero-order chi connectivity index (χ0) is 15.1. The van der Waals surface area contributed by atoms with E-state index < -0.39 is 0 Å². The molecule has 0 amide bonds. The number of nitrogens with two attached hydrogens (primary N) is 1. The summed E-state index contributed by atoms with van der Waals surface area (Å²) in [5, 5.41) is 3.29.